The lowest BCUT2D eigenvalue weighted by atomic mass is 10.0. The smallest absolute Gasteiger partial charge is 0.343 e. The maximum atomic E-state index is 14.0. The van der Waals surface area contributed by atoms with E-state index in [1.54, 1.807) is 20.8 Å². The number of para-hydroxylation sites is 1. The van der Waals surface area contributed by atoms with Crippen LogP contribution in [0.4, 0.5) is 14.6 Å². The Morgan fingerprint density at radius 3 is 2.73 bits per heavy atom. The third-order valence-electron chi connectivity index (χ3n) is 6.10. The Morgan fingerprint density at radius 1 is 1.21 bits per heavy atom. The van der Waals surface area contributed by atoms with Crippen LogP contribution in [0.2, 0.25) is 0 Å². The second-order valence-electron chi connectivity index (χ2n) is 8.42. The Morgan fingerprint density at radius 2 is 1.97 bits per heavy atom. The van der Waals surface area contributed by atoms with Gasteiger partial charge in [0.25, 0.3) is 0 Å². The molecule has 6 nitrogen and oxygen atoms in total. The number of alkyl halides is 2. The van der Waals surface area contributed by atoms with E-state index >= 15 is 0 Å². The summed E-state index contributed by atoms with van der Waals surface area (Å²) < 4.78 is 33.1. The number of rotatable bonds is 4. The fourth-order valence-corrected chi connectivity index (χ4v) is 4.34. The number of benzene rings is 1. The SMILES string of the molecule is CCOC(=O)c1c(C)[nH]c(-c2cc3ccccc3nc2N2CCCC(F)(F)CC2)c(C)c1=O. The van der Waals surface area contributed by atoms with Crippen molar-refractivity contribution in [3.63, 3.8) is 0 Å². The molecule has 0 saturated carbocycles. The number of esters is 1. The van der Waals surface area contributed by atoms with E-state index in [0.29, 0.717) is 41.3 Å². The number of aromatic nitrogens is 2. The molecule has 0 bridgehead atoms. The molecule has 1 aliphatic heterocycles. The van der Waals surface area contributed by atoms with Crippen LogP contribution >= 0.6 is 0 Å². The molecule has 1 saturated heterocycles. The highest BCUT2D eigenvalue weighted by atomic mass is 19.3. The number of carbonyl (C=O) groups excluding carboxylic acids is 1. The maximum absolute atomic E-state index is 14.0. The number of fused-ring (bicyclic) bond motifs is 1. The molecule has 33 heavy (non-hydrogen) atoms. The molecule has 0 spiro atoms. The van der Waals surface area contributed by atoms with Crippen LogP contribution in [0.15, 0.2) is 35.1 Å². The maximum Gasteiger partial charge on any atom is 0.343 e. The van der Waals surface area contributed by atoms with Crippen molar-refractivity contribution >= 4 is 22.7 Å². The molecule has 8 heteroatoms. The van der Waals surface area contributed by atoms with Crippen molar-refractivity contribution in [2.75, 3.05) is 24.6 Å². The monoisotopic (exact) mass is 455 g/mol. The number of aromatic amines is 1. The van der Waals surface area contributed by atoms with E-state index in [4.69, 9.17) is 9.72 Å². The van der Waals surface area contributed by atoms with E-state index in [1.165, 1.54) is 0 Å². The Hall–Kier alpha value is -3.29. The standard InChI is InChI=1S/C25H27F2N3O3/c1-4-33-24(32)20-16(3)28-21(15(2)22(20)31)18-14-17-8-5-6-9-19(17)29-23(18)30-12-7-10-25(26,27)11-13-30/h5-6,8-9,14H,4,7,10-13H2,1-3H3,(H,28,31). The van der Waals surface area contributed by atoms with Crippen LogP contribution in [0.3, 0.4) is 0 Å². The molecule has 1 aliphatic rings. The van der Waals surface area contributed by atoms with Crippen molar-refractivity contribution < 1.29 is 18.3 Å². The van der Waals surface area contributed by atoms with Crippen molar-refractivity contribution in [1.29, 1.82) is 0 Å². The number of halogens is 2. The normalized spacial score (nSPS) is 16.0. The number of pyridine rings is 2. The number of aryl methyl sites for hydroxylation is 1. The predicted octanol–water partition coefficient (Wildman–Crippen LogP) is 5.01. The molecule has 0 radical (unpaired) electrons. The number of nitrogens with zero attached hydrogens (tertiary/aromatic N) is 2. The predicted molar refractivity (Wildman–Crippen MR) is 124 cm³/mol. The summed E-state index contributed by atoms with van der Waals surface area (Å²) in [6.07, 6.45) is -0.0653. The Kier molecular flexibility index (Phi) is 6.19. The molecule has 2 aromatic heterocycles. The van der Waals surface area contributed by atoms with Crippen LogP contribution < -0.4 is 10.3 Å². The zero-order chi connectivity index (χ0) is 23.8. The van der Waals surface area contributed by atoms with Crippen LogP contribution in [0.25, 0.3) is 22.2 Å². The highest BCUT2D eigenvalue weighted by molar-refractivity contribution is 5.93. The average molecular weight is 456 g/mol. The summed E-state index contributed by atoms with van der Waals surface area (Å²) in [5, 5.41) is 0.865. The van der Waals surface area contributed by atoms with Crippen molar-refractivity contribution in [3.8, 4) is 11.3 Å². The van der Waals surface area contributed by atoms with E-state index in [9.17, 15) is 18.4 Å². The molecule has 0 unspecified atom stereocenters. The Balaban J connectivity index is 1.91. The number of H-pyrrole nitrogens is 1. The molecule has 3 heterocycles. The second kappa shape index (κ2) is 8.92. The van der Waals surface area contributed by atoms with Gasteiger partial charge in [-0.2, -0.15) is 0 Å². The van der Waals surface area contributed by atoms with Gasteiger partial charge in [0.05, 0.1) is 17.8 Å². The first-order valence-corrected chi connectivity index (χ1v) is 11.2. The fraction of sp³-hybridized carbons (Fsp3) is 0.400. The molecule has 1 aromatic carbocycles. The van der Waals surface area contributed by atoms with E-state index in [1.807, 2.05) is 35.2 Å². The zero-order valence-corrected chi connectivity index (χ0v) is 19.0. The summed E-state index contributed by atoms with van der Waals surface area (Å²) in [6.45, 7) is 5.74. The van der Waals surface area contributed by atoms with Crippen LogP contribution in [-0.2, 0) is 4.74 Å². The van der Waals surface area contributed by atoms with Gasteiger partial charge in [-0.25, -0.2) is 18.6 Å². The van der Waals surface area contributed by atoms with Crippen molar-refractivity contribution in [2.24, 2.45) is 0 Å². The van der Waals surface area contributed by atoms with Gasteiger partial charge in [-0.3, -0.25) is 4.79 Å². The summed E-state index contributed by atoms with van der Waals surface area (Å²) in [5.74, 6) is -2.82. The van der Waals surface area contributed by atoms with E-state index < -0.39 is 17.3 Å². The van der Waals surface area contributed by atoms with Crippen LogP contribution in [-0.4, -0.2) is 41.6 Å². The van der Waals surface area contributed by atoms with E-state index in [2.05, 4.69) is 4.98 Å². The molecular weight excluding hydrogens is 428 g/mol. The van der Waals surface area contributed by atoms with Gasteiger partial charge in [0, 0.05) is 48.1 Å². The Bertz CT molecular complexity index is 1270. The molecule has 1 N–H and O–H groups in total. The molecule has 174 valence electrons. The first-order chi connectivity index (χ1) is 15.7. The molecule has 0 aliphatic carbocycles. The van der Waals surface area contributed by atoms with Gasteiger partial charge >= 0.3 is 5.97 Å². The summed E-state index contributed by atoms with van der Waals surface area (Å²) in [5.41, 5.74) is 2.21. The highest BCUT2D eigenvalue weighted by Crippen LogP contribution is 2.36. The lowest BCUT2D eigenvalue weighted by Crippen LogP contribution is -2.28. The van der Waals surface area contributed by atoms with Crippen LogP contribution in [0.1, 0.15) is 47.8 Å². The summed E-state index contributed by atoms with van der Waals surface area (Å²) in [7, 11) is 0. The molecule has 3 aromatic rings. The lowest BCUT2D eigenvalue weighted by Gasteiger charge is -2.25. The van der Waals surface area contributed by atoms with E-state index in [0.717, 1.165) is 10.9 Å². The molecule has 4 rings (SSSR count). The number of carbonyl (C=O) groups is 1. The molecule has 0 amide bonds. The van der Waals surface area contributed by atoms with Gasteiger partial charge in [-0.1, -0.05) is 18.2 Å². The number of hydrogen-bond acceptors (Lipinski definition) is 5. The average Bonchev–Trinajstić information content (AvgIpc) is 2.96. The third-order valence-corrected chi connectivity index (χ3v) is 6.10. The van der Waals surface area contributed by atoms with Crippen molar-refractivity contribution in [3.05, 3.63) is 57.4 Å². The molecular formula is C25H27F2N3O3. The van der Waals surface area contributed by atoms with Gasteiger partial charge in [-0.05, 0) is 39.3 Å². The third kappa shape index (κ3) is 4.47. The van der Waals surface area contributed by atoms with Crippen molar-refractivity contribution in [1.82, 2.24) is 9.97 Å². The minimum Gasteiger partial charge on any atom is -0.462 e. The van der Waals surface area contributed by atoms with Gasteiger partial charge in [0.1, 0.15) is 11.4 Å². The number of hydrogen-bond donors (Lipinski definition) is 1. The topological polar surface area (TPSA) is 75.3 Å². The van der Waals surface area contributed by atoms with Gasteiger partial charge in [0.2, 0.25) is 5.92 Å². The fourth-order valence-electron chi connectivity index (χ4n) is 4.34. The number of nitrogens with one attached hydrogen (secondary N) is 1. The summed E-state index contributed by atoms with van der Waals surface area (Å²) >= 11 is 0. The van der Waals surface area contributed by atoms with Crippen LogP contribution in [0.5, 0.6) is 0 Å². The highest BCUT2D eigenvalue weighted by Gasteiger charge is 2.33. The largest absolute Gasteiger partial charge is 0.462 e. The minimum atomic E-state index is -2.70. The van der Waals surface area contributed by atoms with Crippen LogP contribution in [0, 0.1) is 13.8 Å². The van der Waals surface area contributed by atoms with Gasteiger partial charge < -0.3 is 14.6 Å². The zero-order valence-electron chi connectivity index (χ0n) is 19.0. The van der Waals surface area contributed by atoms with E-state index in [-0.39, 0.29) is 31.6 Å². The van der Waals surface area contributed by atoms with Gasteiger partial charge in [0.15, 0.2) is 5.43 Å². The van der Waals surface area contributed by atoms with Crippen molar-refractivity contribution in [2.45, 2.75) is 46.0 Å². The number of anilines is 1. The molecule has 1 fully saturated rings. The summed E-state index contributed by atoms with van der Waals surface area (Å²) in [6, 6.07) is 9.48. The minimum absolute atomic E-state index is 0.0252. The molecule has 0 atom stereocenters. The number of ether oxygens (including phenoxy) is 1. The Labute approximate surface area is 190 Å². The second-order valence-corrected chi connectivity index (χ2v) is 8.42. The first kappa shape index (κ1) is 22.9. The quantitative estimate of drug-likeness (QED) is 0.560. The lowest BCUT2D eigenvalue weighted by molar-refractivity contribution is -0.0102. The first-order valence-electron chi connectivity index (χ1n) is 11.2. The summed E-state index contributed by atoms with van der Waals surface area (Å²) in [4.78, 5) is 35.4. The van der Waals surface area contributed by atoms with Gasteiger partial charge in [-0.15, -0.1) is 0 Å².